The first-order chi connectivity index (χ1) is 8.83. The molecule has 0 atom stereocenters. The van der Waals surface area contributed by atoms with Crippen molar-refractivity contribution in [3.63, 3.8) is 0 Å². The molecule has 0 rings (SSSR count). The zero-order chi connectivity index (χ0) is 16.4. The van der Waals surface area contributed by atoms with Crippen LogP contribution in [0, 0.1) is 0 Å². The van der Waals surface area contributed by atoms with Crippen LogP contribution in [0.1, 0.15) is 67.2 Å². The van der Waals surface area contributed by atoms with E-state index in [1.165, 1.54) is 0 Å². The molecular formula is C14H28O6. The van der Waals surface area contributed by atoms with E-state index in [-0.39, 0.29) is 24.0 Å². The highest BCUT2D eigenvalue weighted by Crippen LogP contribution is 2.14. The van der Waals surface area contributed by atoms with Gasteiger partial charge in [-0.15, -0.1) is 0 Å². The van der Waals surface area contributed by atoms with Gasteiger partial charge in [0.25, 0.3) is 0 Å². The molecule has 6 heteroatoms. The van der Waals surface area contributed by atoms with Gasteiger partial charge in [0.15, 0.2) is 0 Å². The Morgan fingerprint density at radius 3 is 1.15 bits per heavy atom. The van der Waals surface area contributed by atoms with Gasteiger partial charge in [-0.25, -0.2) is 9.78 Å². The summed E-state index contributed by atoms with van der Waals surface area (Å²) in [4.78, 5) is 30.0. The smallest absolute Gasteiger partial charge is 0.303 e. The maximum absolute atomic E-state index is 9.90. The molecule has 0 radical (unpaired) electrons. The monoisotopic (exact) mass is 292 g/mol. The minimum absolute atomic E-state index is 0.0628. The van der Waals surface area contributed by atoms with Gasteiger partial charge < -0.3 is 10.2 Å². The fourth-order valence-electron chi connectivity index (χ4n) is 0.802. The second kappa shape index (κ2) is 9.72. The summed E-state index contributed by atoms with van der Waals surface area (Å²) >= 11 is 0. The molecule has 120 valence electrons. The van der Waals surface area contributed by atoms with E-state index >= 15 is 0 Å². The molecule has 0 aromatic carbocycles. The lowest BCUT2D eigenvalue weighted by Crippen LogP contribution is -2.27. The summed E-state index contributed by atoms with van der Waals surface area (Å²) in [5.74, 6) is -1.74. The molecule has 6 nitrogen and oxygen atoms in total. The third kappa shape index (κ3) is 25.6. The van der Waals surface area contributed by atoms with Gasteiger partial charge in [0.05, 0.1) is 11.2 Å². The molecule has 0 aliphatic carbocycles. The van der Waals surface area contributed by atoms with Crippen molar-refractivity contribution >= 4 is 11.9 Å². The van der Waals surface area contributed by atoms with E-state index in [0.717, 1.165) is 0 Å². The summed E-state index contributed by atoms with van der Waals surface area (Å²) in [7, 11) is 0. The largest absolute Gasteiger partial charge is 0.481 e. The summed E-state index contributed by atoms with van der Waals surface area (Å²) in [6.07, 6.45) is 1.02. The molecular weight excluding hydrogens is 264 g/mol. The van der Waals surface area contributed by atoms with Crippen LogP contribution in [-0.4, -0.2) is 33.4 Å². The van der Waals surface area contributed by atoms with Gasteiger partial charge in [-0.3, -0.25) is 9.59 Å². The molecule has 0 amide bonds. The van der Waals surface area contributed by atoms with Crippen LogP contribution >= 0.6 is 0 Å². The first-order valence-electron chi connectivity index (χ1n) is 6.64. The number of hydrogen-bond acceptors (Lipinski definition) is 4. The van der Waals surface area contributed by atoms with Gasteiger partial charge in [0.2, 0.25) is 0 Å². The van der Waals surface area contributed by atoms with E-state index in [9.17, 15) is 9.59 Å². The minimum atomic E-state index is -0.870. The van der Waals surface area contributed by atoms with Crippen LogP contribution in [-0.2, 0) is 19.4 Å². The predicted molar refractivity (Wildman–Crippen MR) is 75.4 cm³/mol. The second-order valence-corrected chi connectivity index (χ2v) is 6.39. The molecule has 0 heterocycles. The molecule has 0 unspecified atom stereocenters. The normalized spacial score (nSPS) is 11.5. The molecule has 20 heavy (non-hydrogen) atoms. The highest BCUT2D eigenvalue weighted by molar-refractivity contribution is 5.67. The first kappa shape index (κ1) is 21.2. The number of unbranched alkanes of at least 4 members (excludes halogenated alkanes) is 1. The number of carboxylic acids is 2. The molecule has 0 aromatic rings. The Hall–Kier alpha value is -1.14. The number of aliphatic carboxylic acids is 2. The van der Waals surface area contributed by atoms with Crippen molar-refractivity contribution in [2.45, 2.75) is 78.4 Å². The molecule has 0 fully saturated rings. The topological polar surface area (TPSA) is 93.1 Å². The van der Waals surface area contributed by atoms with Crippen molar-refractivity contribution in [3.8, 4) is 0 Å². The Morgan fingerprint density at radius 2 is 1.00 bits per heavy atom. The van der Waals surface area contributed by atoms with E-state index in [1.807, 2.05) is 41.5 Å². The van der Waals surface area contributed by atoms with Crippen LogP contribution in [0.25, 0.3) is 0 Å². The van der Waals surface area contributed by atoms with Gasteiger partial charge in [0, 0.05) is 12.8 Å². The van der Waals surface area contributed by atoms with Crippen LogP contribution in [0.5, 0.6) is 0 Å². The molecule has 0 bridgehead atoms. The first-order valence-corrected chi connectivity index (χ1v) is 6.64. The van der Waals surface area contributed by atoms with Crippen molar-refractivity contribution < 1.29 is 29.6 Å². The quantitative estimate of drug-likeness (QED) is 0.443. The lowest BCUT2D eigenvalue weighted by molar-refractivity contribution is -0.393. The zero-order valence-electron chi connectivity index (χ0n) is 13.4. The van der Waals surface area contributed by atoms with E-state index in [0.29, 0.717) is 12.8 Å². The lowest BCUT2D eigenvalue weighted by atomic mass is 10.2. The maximum Gasteiger partial charge on any atom is 0.303 e. The average Bonchev–Trinajstić information content (AvgIpc) is 2.20. The third-order valence-corrected chi connectivity index (χ3v) is 1.57. The van der Waals surface area contributed by atoms with Crippen molar-refractivity contribution in [1.29, 1.82) is 0 Å². The minimum Gasteiger partial charge on any atom is -0.481 e. The van der Waals surface area contributed by atoms with E-state index in [4.69, 9.17) is 20.0 Å². The standard InChI is InChI=1S/C8H18O2.C6H10O4/c1-7(2,3)9-10-8(4,5)6;7-5(8)3-1-2-4-6(9)10/h1-6H3;1-4H2,(H,7,8)(H,9,10). The fourth-order valence-corrected chi connectivity index (χ4v) is 0.802. The Kier molecular flexibility index (Phi) is 10.3. The lowest BCUT2D eigenvalue weighted by Gasteiger charge is -2.24. The number of rotatable bonds is 6. The summed E-state index contributed by atoms with van der Waals surface area (Å²) in [5, 5.41) is 16.3. The molecule has 0 aromatic heterocycles. The number of hydrogen-bond donors (Lipinski definition) is 2. The Balaban J connectivity index is 0. The summed E-state index contributed by atoms with van der Waals surface area (Å²) in [6.45, 7) is 11.7. The van der Waals surface area contributed by atoms with E-state index < -0.39 is 11.9 Å². The van der Waals surface area contributed by atoms with Gasteiger partial charge in [-0.05, 0) is 54.4 Å². The van der Waals surface area contributed by atoms with Gasteiger partial charge >= 0.3 is 11.9 Å². The maximum atomic E-state index is 9.90. The van der Waals surface area contributed by atoms with Gasteiger partial charge in [-0.2, -0.15) is 0 Å². The van der Waals surface area contributed by atoms with E-state index in [1.54, 1.807) is 0 Å². The zero-order valence-corrected chi connectivity index (χ0v) is 13.4. The number of carboxylic acid groups (broad SMARTS) is 2. The Morgan fingerprint density at radius 1 is 0.750 bits per heavy atom. The molecule has 2 N–H and O–H groups in total. The van der Waals surface area contributed by atoms with Crippen molar-refractivity contribution in [1.82, 2.24) is 0 Å². The highest BCUT2D eigenvalue weighted by atomic mass is 17.2. The Bertz CT molecular complexity index is 255. The van der Waals surface area contributed by atoms with Crippen LogP contribution in [0.4, 0.5) is 0 Å². The summed E-state index contributed by atoms with van der Waals surface area (Å²) in [5.41, 5.74) is -0.430. The molecule has 0 aliphatic rings. The van der Waals surface area contributed by atoms with Crippen LogP contribution in [0.15, 0.2) is 0 Å². The average molecular weight is 292 g/mol. The molecule has 0 saturated carbocycles. The summed E-state index contributed by atoms with van der Waals surface area (Å²) in [6, 6.07) is 0. The fraction of sp³-hybridized carbons (Fsp3) is 0.857. The van der Waals surface area contributed by atoms with Gasteiger partial charge in [0.1, 0.15) is 0 Å². The highest BCUT2D eigenvalue weighted by Gasteiger charge is 2.18. The summed E-state index contributed by atoms with van der Waals surface area (Å²) < 4.78 is 0. The SMILES string of the molecule is CC(C)(C)OOC(C)(C)C.O=C(O)CCCCC(=O)O. The second-order valence-electron chi connectivity index (χ2n) is 6.39. The molecule has 0 aliphatic heterocycles. The van der Waals surface area contributed by atoms with Crippen LogP contribution in [0.2, 0.25) is 0 Å². The van der Waals surface area contributed by atoms with Crippen molar-refractivity contribution in [3.05, 3.63) is 0 Å². The van der Waals surface area contributed by atoms with Gasteiger partial charge in [-0.1, -0.05) is 0 Å². The van der Waals surface area contributed by atoms with E-state index in [2.05, 4.69) is 0 Å². The van der Waals surface area contributed by atoms with Crippen molar-refractivity contribution in [2.24, 2.45) is 0 Å². The number of carbonyl (C=O) groups is 2. The van der Waals surface area contributed by atoms with Crippen LogP contribution < -0.4 is 0 Å². The Labute approximate surface area is 121 Å². The third-order valence-electron chi connectivity index (χ3n) is 1.57. The van der Waals surface area contributed by atoms with Crippen molar-refractivity contribution in [2.75, 3.05) is 0 Å². The molecule has 0 spiro atoms. The molecule has 0 saturated heterocycles. The predicted octanol–water partition coefficient (Wildman–Crippen LogP) is 3.25. The van der Waals surface area contributed by atoms with Crippen LogP contribution in [0.3, 0.4) is 0 Å².